The second-order valence-corrected chi connectivity index (χ2v) is 9.23. The number of halogens is 1. The Kier molecular flexibility index (Phi) is 5.37. The van der Waals surface area contributed by atoms with Crippen LogP contribution in [-0.4, -0.2) is 12.5 Å². The van der Waals surface area contributed by atoms with Crippen molar-refractivity contribution in [3.05, 3.63) is 58.4 Å². The number of hydrogen-bond acceptors (Lipinski definition) is 2. The van der Waals surface area contributed by atoms with E-state index in [0.717, 1.165) is 62.0 Å². The van der Waals surface area contributed by atoms with Crippen LogP contribution in [0.1, 0.15) is 61.3 Å². The van der Waals surface area contributed by atoms with Gasteiger partial charge >= 0.3 is 0 Å². The molecule has 0 unspecified atom stereocenters. The predicted octanol–water partition coefficient (Wildman–Crippen LogP) is 5.91. The second kappa shape index (κ2) is 7.81. The molecule has 154 valence electrons. The molecule has 1 aliphatic heterocycles. The summed E-state index contributed by atoms with van der Waals surface area (Å²) in [7, 11) is 0. The molecule has 1 heterocycles. The molecule has 0 aromatic heterocycles. The van der Waals surface area contributed by atoms with Crippen LogP contribution in [0.2, 0.25) is 0 Å². The molecule has 0 radical (unpaired) electrons. The van der Waals surface area contributed by atoms with Crippen LogP contribution < -0.4 is 10.2 Å². The number of nitrogens with one attached hydrogen (secondary N) is 1. The number of carbonyl (C=O) groups excluding carboxylic acids is 1. The molecule has 1 saturated carbocycles. The van der Waals surface area contributed by atoms with Gasteiger partial charge in [0.25, 0.3) is 0 Å². The lowest BCUT2D eigenvalue weighted by Crippen LogP contribution is -2.24. The highest BCUT2D eigenvalue weighted by Crippen LogP contribution is 2.48. The van der Waals surface area contributed by atoms with Gasteiger partial charge in [-0.3, -0.25) is 4.79 Å². The van der Waals surface area contributed by atoms with Gasteiger partial charge in [0.1, 0.15) is 5.82 Å². The number of carbonyl (C=O) groups is 1. The molecular formula is C25H31FN2O. The Hall–Kier alpha value is -2.36. The van der Waals surface area contributed by atoms with Crippen molar-refractivity contribution in [1.29, 1.82) is 0 Å². The normalized spacial score (nSPS) is 17.4. The summed E-state index contributed by atoms with van der Waals surface area (Å²) in [4.78, 5) is 15.0. The van der Waals surface area contributed by atoms with E-state index in [2.05, 4.69) is 37.1 Å². The minimum absolute atomic E-state index is 0.132. The Bertz CT molecular complexity index is 915. The number of rotatable bonds is 5. The maximum absolute atomic E-state index is 13.3. The van der Waals surface area contributed by atoms with E-state index >= 15 is 0 Å². The number of aryl methyl sites for hydroxylation is 1. The highest BCUT2D eigenvalue weighted by molar-refractivity contribution is 5.94. The lowest BCUT2D eigenvalue weighted by Gasteiger charge is -2.28. The average molecular weight is 395 g/mol. The summed E-state index contributed by atoms with van der Waals surface area (Å²) >= 11 is 0. The van der Waals surface area contributed by atoms with Gasteiger partial charge in [-0.15, -0.1) is 0 Å². The molecule has 2 aromatic rings. The number of amides is 1. The van der Waals surface area contributed by atoms with E-state index in [1.54, 1.807) is 0 Å². The highest BCUT2D eigenvalue weighted by atomic mass is 19.1. The molecule has 0 atom stereocenters. The van der Waals surface area contributed by atoms with Crippen molar-refractivity contribution in [2.45, 2.75) is 65.8 Å². The zero-order valence-corrected chi connectivity index (χ0v) is 17.8. The fourth-order valence-electron chi connectivity index (χ4n) is 4.45. The van der Waals surface area contributed by atoms with Gasteiger partial charge < -0.3 is 10.2 Å². The summed E-state index contributed by atoms with van der Waals surface area (Å²) in [6.07, 6.45) is 6.22. The van der Waals surface area contributed by atoms with E-state index < -0.39 is 0 Å². The Labute approximate surface area is 173 Å². The predicted molar refractivity (Wildman–Crippen MR) is 117 cm³/mol. The van der Waals surface area contributed by atoms with E-state index in [0.29, 0.717) is 6.42 Å². The summed E-state index contributed by atoms with van der Waals surface area (Å²) < 4.78 is 13.3. The van der Waals surface area contributed by atoms with Crippen LogP contribution >= 0.6 is 0 Å². The number of hydrogen-bond donors (Lipinski definition) is 1. The molecule has 3 nitrogen and oxygen atoms in total. The van der Waals surface area contributed by atoms with Crippen LogP contribution in [0, 0.1) is 25.1 Å². The molecule has 1 N–H and O–H groups in total. The lowest BCUT2D eigenvalue weighted by atomic mass is 9.96. The minimum atomic E-state index is -0.197. The number of nitrogens with zero attached hydrogens (tertiary/aromatic N) is 1. The van der Waals surface area contributed by atoms with Crippen LogP contribution in [0.5, 0.6) is 0 Å². The van der Waals surface area contributed by atoms with E-state index in [4.69, 9.17) is 0 Å². The Morgan fingerprint density at radius 3 is 2.59 bits per heavy atom. The third-order valence-electron chi connectivity index (χ3n) is 6.57. The van der Waals surface area contributed by atoms with E-state index in [-0.39, 0.29) is 17.1 Å². The van der Waals surface area contributed by atoms with Crippen molar-refractivity contribution < 1.29 is 9.18 Å². The van der Waals surface area contributed by atoms with Crippen LogP contribution in [0.15, 0.2) is 30.3 Å². The van der Waals surface area contributed by atoms with Crippen molar-refractivity contribution in [3.8, 4) is 0 Å². The SMILES string of the molecule is Cc1cc2c(c(C)c1NC(=O)CC1(C)CC1)CCCCN2Cc1ccc(F)cc1. The summed E-state index contributed by atoms with van der Waals surface area (Å²) in [5.74, 6) is -0.0647. The third kappa shape index (κ3) is 4.47. The molecule has 4 rings (SSSR count). The number of anilines is 2. The minimum Gasteiger partial charge on any atom is -0.367 e. The average Bonchev–Trinajstić information content (AvgIpc) is 3.43. The Morgan fingerprint density at radius 1 is 1.17 bits per heavy atom. The van der Waals surface area contributed by atoms with Gasteiger partial charge in [-0.05, 0) is 91.8 Å². The van der Waals surface area contributed by atoms with Gasteiger partial charge in [0.05, 0.1) is 0 Å². The molecule has 1 fully saturated rings. The molecule has 2 aromatic carbocycles. The maximum atomic E-state index is 13.3. The summed E-state index contributed by atoms with van der Waals surface area (Å²) in [5.41, 5.74) is 7.22. The molecule has 0 saturated heterocycles. The lowest BCUT2D eigenvalue weighted by molar-refractivity contribution is -0.117. The van der Waals surface area contributed by atoms with Crippen molar-refractivity contribution in [1.82, 2.24) is 0 Å². The summed E-state index contributed by atoms with van der Waals surface area (Å²) in [6, 6.07) is 9.03. The fourth-order valence-corrected chi connectivity index (χ4v) is 4.45. The van der Waals surface area contributed by atoms with E-state index in [1.165, 1.54) is 28.9 Å². The standard InChI is InChI=1S/C25H31FN2O/c1-17-14-22-21(18(2)24(17)27-23(29)15-25(3)11-12-25)6-4-5-13-28(22)16-19-7-9-20(26)10-8-19/h7-10,14H,4-6,11-13,15-16H2,1-3H3,(H,27,29). The zero-order valence-electron chi connectivity index (χ0n) is 17.8. The topological polar surface area (TPSA) is 32.3 Å². The van der Waals surface area contributed by atoms with Gasteiger partial charge in [0, 0.05) is 30.9 Å². The Balaban J connectivity index is 1.61. The van der Waals surface area contributed by atoms with Gasteiger partial charge in [0.15, 0.2) is 0 Å². The molecule has 29 heavy (non-hydrogen) atoms. The summed E-state index contributed by atoms with van der Waals surface area (Å²) in [5, 5.41) is 3.22. The fraction of sp³-hybridized carbons (Fsp3) is 0.480. The third-order valence-corrected chi connectivity index (χ3v) is 6.57. The number of fused-ring (bicyclic) bond motifs is 1. The van der Waals surface area contributed by atoms with Gasteiger partial charge in [0.2, 0.25) is 5.91 Å². The molecular weight excluding hydrogens is 363 g/mol. The van der Waals surface area contributed by atoms with Crippen molar-refractivity contribution >= 4 is 17.3 Å². The molecule has 4 heteroatoms. The van der Waals surface area contributed by atoms with Crippen LogP contribution in [-0.2, 0) is 17.8 Å². The molecule has 1 aliphatic carbocycles. The first-order valence-electron chi connectivity index (χ1n) is 10.8. The van der Waals surface area contributed by atoms with Gasteiger partial charge in [-0.2, -0.15) is 0 Å². The van der Waals surface area contributed by atoms with Gasteiger partial charge in [-0.1, -0.05) is 19.1 Å². The van der Waals surface area contributed by atoms with Crippen molar-refractivity contribution in [2.24, 2.45) is 5.41 Å². The zero-order chi connectivity index (χ0) is 20.6. The van der Waals surface area contributed by atoms with Crippen LogP contribution in [0.25, 0.3) is 0 Å². The second-order valence-electron chi connectivity index (χ2n) is 9.23. The maximum Gasteiger partial charge on any atom is 0.224 e. The Morgan fingerprint density at radius 2 is 1.90 bits per heavy atom. The smallest absolute Gasteiger partial charge is 0.224 e. The molecule has 2 aliphatic rings. The van der Waals surface area contributed by atoms with Crippen LogP contribution in [0.3, 0.4) is 0 Å². The molecule has 1 amide bonds. The first-order chi connectivity index (χ1) is 13.8. The van der Waals surface area contributed by atoms with E-state index in [9.17, 15) is 9.18 Å². The largest absolute Gasteiger partial charge is 0.367 e. The van der Waals surface area contributed by atoms with Crippen molar-refractivity contribution in [3.63, 3.8) is 0 Å². The highest BCUT2D eigenvalue weighted by Gasteiger charge is 2.39. The number of benzene rings is 2. The van der Waals surface area contributed by atoms with E-state index in [1.807, 2.05) is 12.1 Å². The van der Waals surface area contributed by atoms with Crippen molar-refractivity contribution in [2.75, 3.05) is 16.8 Å². The van der Waals surface area contributed by atoms with Gasteiger partial charge in [-0.25, -0.2) is 4.39 Å². The first-order valence-corrected chi connectivity index (χ1v) is 10.8. The quantitative estimate of drug-likeness (QED) is 0.683. The molecule has 0 spiro atoms. The van der Waals surface area contributed by atoms with Crippen LogP contribution in [0.4, 0.5) is 15.8 Å². The first kappa shape index (κ1) is 19.9. The summed E-state index contributed by atoms with van der Waals surface area (Å²) in [6.45, 7) is 8.19. The molecule has 0 bridgehead atoms. The monoisotopic (exact) mass is 394 g/mol.